The Labute approximate surface area is 134 Å². The Hall–Kier alpha value is -2.05. The number of Topliss-reactive ketones (excluding diaryl/α,β-unsaturated/α-hetero) is 1. The third kappa shape index (κ3) is 6.30. The molecule has 0 saturated heterocycles. The zero-order valence-electron chi connectivity index (χ0n) is 13.2. The Morgan fingerprint density at radius 1 is 1.39 bits per heavy atom. The largest absolute Gasteiger partial charge is 0.480 e. The average Bonchev–Trinajstić information content (AvgIpc) is 3.02. The Morgan fingerprint density at radius 2 is 2.04 bits per heavy atom. The number of amides is 1. The second-order valence-electron chi connectivity index (χ2n) is 5.57. The normalized spacial score (nSPS) is 17.1. The number of hydrogen-bond acceptors (Lipinski definition) is 4. The van der Waals surface area contributed by atoms with Crippen molar-refractivity contribution >= 4 is 23.9 Å². The Bertz CT molecular complexity index is 482. The highest BCUT2D eigenvalue weighted by molar-refractivity contribution is 6.25. The fourth-order valence-corrected chi connectivity index (χ4v) is 2.79. The number of carbonyl (C=O) groups is 3. The standard InChI is InChI=1S/C15H23N3O5/c1-2-23-13(10-5-3-4-6-10)14(20)18-12(15(21)22)8-7-11(19)9-17-16/h9-10,12-13H,2-8H2,1H3,(H,18,20)(H,21,22). The summed E-state index contributed by atoms with van der Waals surface area (Å²) in [5.41, 5.74) is 8.26. The lowest BCUT2D eigenvalue weighted by Crippen LogP contribution is -2.48. The lowest BCUT2D eigenvalue weighted by molar-refractivity contribution is -0.146. The van der Waals surface area contributed by atoms with Gasteiger partial charge in [0, 0.05) is 13.0 Å². The second-order valence-corrected chi connectivity index (χ2v) is 5.57. The van der Waals surface area contributed by atoms with Crippen molar-refractivity contribution in [3.63, 3.8) is 0 Å². The van der Waals surface area contributed by atoms with Crippen LogP contribution in [0.15, 0.2) is 0 Å². The van der Waals surface area contributed by atoms with Gasteiger partial charge in [0.2, 0.25) is 11.7 Å². The molecule has 0 aromatic carbocycles. The highest BCUT2D eigenvalue weighted by Crippen LogP contribution is 2.29. The summed E-state index contributed by atoms with van der Waals surface area (Å²) in [6, 6.07) is -1.18. The molecule has 128 valence electrons. The summed E-state index contributed by atoms with van der Waals surface area (Å²) in [5.74, 6) is -2.07. The molecule has 1 aliphatic rings. The van der Waals surface area contributed by atoms with Crippen molar-refractivity contribution in [1.29, 1.82) is 0 Å². The number of ether oxygens (including phenoxy) is 1. The Morgan fingerprint density at radius 3 is 2.57 bits per heavy atom. The number of carboxylic acids is 1. The lowest BCUT2D eigenvalue weighted by Gasteiger charge is -2.24. The topological polar surface area (TPSA) is 129 Å². The number of nitrogens with zero attached hydrogens (tertiary/aromatic N) is 2. The van der Waals surface area contributed by atoms with E-state index in [2.05, 4.69) is 10.1 Å². The summed E-state index contributed by atoms with van der Waals surface area (Å²) in [7, 11) is 0. The molecule has 2 atom stereocenters. The predicted octanol–water partition coefficient (Wildman–Crippen LogP) is 0.801. The first-order valence-electron chi connectivity index (χ1n) is 7.84. The molecule has 1 rings (SSSR count). The molecule has 8 heteroatoms. The van der Waals surface area contributed by atoms with Crippen molar-refractivity contribution in [3.8, 4) is 0 Å². The summed E-state index contributed by atoms with van der Waals surface area (Å²) in [5, 5.41) is 11.6. The smallest absolute Gasteiger partial charge is 0.326 e. The molecule has 1 fully saturated rings. The third-order valence-corrected chi connectivity index (χ3v) is 3.93. The molecule has 1 amide bonds. The van der Waals surface area contributed by atoms with Gasteiger partial charge in [0.1, 0.15) is 12.1 Å². The highest BCUT2D eigenvalue weighted by atomic mass is 16.5. The van der Waals surface area contributed by atoms with E-state index in [0.717, 1.165) is 25.7 Å². The van der Waals surface area contributed by atoms with Crippen molar-refractivity contribution in [2.45, 2.75) is 57.6 Å². The summed E-state index contributed by atoms with van der Waals surface area (Å²) in [6.45, 7) is 2.16. The van der Waals surface area contributed by atoms with Gasteiger partial charge in [-0.2, -0.15) is 4.79 Å². The van der Waals surface area contributed by atoms with Crippen LogP contribution in [0.4, 0.5) is 0 Å². The molecule has 8 nitrogen and oxygen atoms in total. The molecule has 0 radical (unpaired) electrons. The van der Waals surface area contributed by atoms with Gasteiger partial charge in [0.15, 0.2) is 0 Å². The van der Waals surface area contributed by atoms with E-state index in [-0.39, 0.29) is 18.8 Å². The number of rotatable bonds is 10. The maximum Gasteiger partial charge on any atom is 0.326 e. The monoisotopic (exact) mass is 325 g/mol. The molecule has 1 saturated carbocycles. The van der Waals surface area contributed by atoms with Crippen LogP contribution in [-0.2, 0) is 19.1 Å². The zero-order chi connectivity index (χ0) is 17.2. The van der Waals surface area contributed by atoms with E-state index in [1.165, 1.54) is 0 Å². The second kappa shape index (κ2) is 9.86. The van der Waals surface area contributed by atoms with Crippen LogP contribution in [0.25, 0.3) is 5.53 Å². The van der Waals surface area contributed by atoms with E-state index in [1.54, 1.807) is 6.92 Å². The zero-order valence-corrected chi connectivity index (χ0v) is 13.2. The minimum Gasteiger partial charge on any atom is -0.480 e. The first-order chi connectivity index (χ1) is 11.0. The van der Waals surface area contributed by atoms with Gasteiger partial charge >= 0.3 is 12.2 Å². The predicted molar refractivity (Wildman–Crippen MR) is 80.9 cm³/mol. The third-order valence-electron chi connectivity index (χ3n) is 3.93. The summed E-state index contributed by atoms with van der Waals surface area (Å²) in [4.78, 5) is 37.5. The van der Waals surface area contributed by atoms with Crippen molar-refractivity contribution < 1.29 is 29.0 Å². The number of ketones is 1. The molecule has 2 unspecified atom stereocenters. The van der Waals surface area contributed by atoms with Crippen molar-refractivity contribution in [3.05, 3.63) is 5.53 Å². The van der Waals surface area contributed by atoms with Gasteiger partial charge in [-0.15, -0.1) is 0 Å². The molecule has 1 aliphatic carbocycles. The van der Waals surface area contributed by atoms with E-state index in [0.29, 0.717) is 12.8 Å². The molecule has 0 aromatic heterocycles. The molecular formula is C15H23N3O5. The van der Waals surface area contributed by atoms with Crippen LogP contribution in [0.1, 0.15) is 45.4 Å². The molecule has 0 aromatic rings. The van der Waals surface area contributed by atoms with Crippen LogP contribution in [0, 0.1) is 5.92 Å². The molecule has 2 N–H and O–H groups in total. The first-order valence-corrected chi connectivity index (χ1v) is 7.84. The minimum atomic E-state index is -1.21. The number of carbonyl (C=O) groups excluding carboxylic acids is 2. The Balaban J connectivity index is 2.64. The lowest BCUT2D eigenvalue weighted by atomic mass is 9.99. The number of nitrogens with one attached hydrogen (secondary N) is 1. The van der Waals surface area contributed by atoms with Crippen molar-refractivity contribution in [2.75, 3.05) is 6.61 Å². The van der Waals surface area contributed by atoms with Crippen LogP contribution in [0.5, 0.6) is 0 Å². The molecule has 0 bridgehead atoms. The SMILES string of the molecule is CCOC(C(=O)NC(CCC(=O)C=[N+]=[N-])C(=O)O)C1CCCC1. The van der Waals surface area contributed by atoms with Gasteiger partial charge in [-0.1, -0.05) is 12.8 Å². The van der Waals surface area contributed by atoms with Crippen LogP contribution in [0.2, 0.25) is 0 Å². The summed E-state index contributed by atoms with van der Waals surface area (Å²) >= 11 is 0. The van der Waals surface area contributed by atoms with Gasteiger partial charge < -0.3 is 20.7 Å². The van der Waals surface area contributed by atoms with Crippen LogP contribution in [0.3, 0.4) is 0 Å². The van der Waals surface area contributed by atoms with E-state index in [1.807, 2.05) is 0 Å². The summed E-state index contributed by atoms with van der Waals surface area (Å²) < 4.78 is 5.51. The first kappa shape index (κ1) is 19.0. The van der Waals surface area contributed by atoms with E-state index in [9.17, 15) is 19.5 Å². The fourth-order valence-electron chi connectivity index (χ4n) is 2.79. The number of aliphatic carboxylic acids is 1. The molecule has 0 heterocycles. The van der Waals surface area contributed by atoms with E-state index in [4.69, 9.17) is 10.3 Å². The van der Waals surface area contributed by atoms with Gasteiger partial charge in [-0.05, 0) is 32.1 Å². The van der Waals surface area contributed by atoms with Gasteiger partial charge in [0.05, 0.1) is 0 Å². The van der Waals surface area contributed by atoms with Crippen molar-refractivity contribution in [2.24, 2.45) is 5.92 Å². The van der Waals surface area contributed by atoms with E-state index >= 15 is 0 Å². The van der Waals surface area contributed by atoms with Gasteiger partial charge in [0.25, 0.3) is 0 Å². The minimum absolute atomic E-state index is 0.0740. The summed E-state index contributed by atoms with van der Waals surface area (Å²) in [6.07, 6.45) is 3.71. The van der Waals surface area contributed by atoms with Crippen LogP contribution < -0.4 is 5.32 Å². The molecular weight excluding hydrogens is 302 g/mol. The van der Waals surface area contributed by atoms with Crippen molar-refractivity contribution in [1.82, 2.24) is 5.32 Å². The van der Waals surface area contributed by atoms with Crippen LogP contribution >= 0.6 is 0 Å². The van der Waals surface area contributed by atoms with Gasteiger partial charge in [-0.3, -0.25) is 9.59 Å². The number of hydrogen-bond donors (Lipinski definition) is 2. The Kier molecular flexibility index (Phi) is 8.15. The van der Waals surface area contributed by atoms with Crippen LogP contribution in [-0.4, -0.2) is 52.5 Å². The molecule has 23 heavy (non-hydrogen) atoms. The average molecular weight is 325 g/mol. The van der Waals surface area contributed by atoms with E-state index < -0.39 is 29.8 Å². The highest BCUT2D eigenvalue weighted by Gasteiger charge is 2.33. The maximum absolute atomic E-state index is 12.4. The maximum atomic E-state index is 12.4. The quantitative estimate of drug-likeness (QED) is 0.349. The molecule has 0 aliphatic heterocycles. The van der Waals surface area contributed by atoms with Gasteiger partial charge in [-0.25, -0.2) is 4.79 Å². The number of carboxylic acid groups (broad SMARTS) is 1. The fraction of sp³-hybridized carbons (Fsp3) is 0.733. The molecule has 0 spiro atoms.